The molecular formula is C13H20N4O2. The Hall–Kier alpha value is -1.40. The van der Waals surface area contributed by atoms with Crippen LogP contribution in [0.4, 0.5) is 0 Å². The molecule has 1 saturated carbocycles. The summed E-state index contributed by atoms with van der Waals surface area (Å²) >= 11 is 0. The highest BCUT2D eigenvalue weighted by atomic mass is 16.5. The van der Waals surface area contributed by atoms with Crippen molar-refractivity contribution in [2.75, 3.05) is 13.7 Å². The van der Waals surface area contributed by atoms with Gasteiger partial charge in [0, 0.05) is 26.6 Å². The van der Waals surface area contributed by atoms with Crippen molar-refractivity contribution in [3.63, 3.8) is 0 Å². The van der Waals surface area contributed by atoms with Crippen molar-refractivity contribution in [2.45, 2.75) is 43.9 Å². The smallest absolute Gasteiger partial charge is 0.237 e. The van der Waals surface area contributed by atoms with Crippen LogP contribution in [-0.2, 0) is 22.5 Å². The van der Waals surface area contributed by atoms with E-state index in [0.29, 0.717) is 19.5 Å². The van der Waals surface area contributed by atoms with Crippen LogP contribution in [0.2, 0.25) is 0 Å². The summed E-state index contributed by atoms with van der Waals surface area (Å²) in [7, 11) is 1.72. The largest absolute Gasteiger partial charge is 0.376 e. The SMILES string of the molecule is COC1(CNC(=O)C2Cc3nc[nH]c3CN2)CCC1. The van der Waals surface area contributed by atoms with Crippen LogP contribution >= 0.6 is 0 Å². The quantitative estimate of drug-likeness (QED) is 0.721. The lowest BCUT2D eigenvalue weighted by Gasteiger charge is -2.40. The zero-order valence-corrected chi connectivity index (χ0v) is 11.2. The molecule has 0 aromatic carbocycles. The highest BCUT2D eigenvalue weighted by Gasteiger charge is 2.38. The van der Waals surface area contributed by atoms with E-state index in [-0.39, 0.29) is 17.6 Å². The monoisotopic (exact) mass is 264 g/mol. The van der Waals surface area contributed by atoms with E-state index in [1.807, 2.05) is 0 Å². The summed E-state index contributed by atoms with van der Waals surface area (Å²) in [5, 5.41) is 6.23. The van der Waals surface area contributed by atoms with Gasteiger partial charge in [-0.3, -0.25) is 10.1 Å². The summed E-state index contributed by atoms with van der Waals surface area (Å²) in [5.74, 6) is 0.0389. The van der Waals surface area contributed by atoms with Gasteiger partial charge in [-0.25, -0.2) is 4.98 Å². The van der Waals surface area contributed by atoms with Crippen LogP contribution in [0.25, 0.3) is 0 Å². The molecular weight excluding hydrogens is 244 g/mol. The number of nitrogens with zero attached hydrogens (tertiary/aromatic N) is 1. The van der Waals surface area contributed by atoms with E-state index in [9.17, 15) is 4.79 Å². The molecule has 6 heteroatoms. The molecule has 1 fully saturated rings. The zero-order chi connectivity index (χ0) is 13.3. The first-order chi connectivity index (χ1) is 9.22. The van der Waals surface area contributed by atoms with Gasteiger partial charge in [0.25, 0.3) is 0 Å². The van der Waals surface area contributed by atoms with E-state index in [2.05, 4.69) is 20.6 Å². The lowest BCUT2D eigenvalue weighted by molar-refractivity contribution is -0.127. The van der Waals surface area contributed by atoms with Crippen molar-refractivity contribution in [3.05, 3.63) is 17.7 Å². The summed E-state index contributed by atoms with van der Waals surface area (Å²) in [5.41, 5.74) is 1.95. The summed E-state index contributed by atoms with van der Waals surface area (Å²) < 4.78 is 5.50. The molecule has 1 aromatic rings. The maximum atomic E-state index is 12.2. The number of aromatic amines is 1. The lowest BCUT2D eigenvalue weighted by atomic mass is 9.80. The van der Waals surface area contributed by atoms with E-state index >= 15 is 0 Å². The number of ether oxygens (including phenoxy) is 1. The van der Waals surface area contributed by atoms with Crippen LogP contribution in [0.3, 0.4) is 0 Å². The Morgan fingerprint density at radius 3 is 3.16 bits per heavy atom. The van der Waals surface area contributed by atoms with Gasteiger partial charge in [0.2, 0.25) is 5.91 Å². The second-order valence-corrected chi connectivity index (χ2v) is 5.42. The molecule has 2 aliphatic rings. The average Bonchev–Trinajstić information content (AvgIpc) is 2.84. The van der Waals surface area contributed by atoms with E-state index in [4.69, 9.17) is 4.74 Å². The number of rotatable bonds is 4. The number of hydrogen-bond acceptors (Lipinski definition) is 4. The topological polar surface area (TPSA) is 79.0 Å². The molecule has 0 radical (unpaired) electrons. The molecule has 1 aliphatic heterocycles. The zero-order valence-electron chi connectivity index (χ0n) is 11.2. The third-order valence-electron chi connectivity index (χ3n) is 4.33. The first-order valence-electron chi connectivity index (χ1n) is 6.80. The highest BCUT2D eigenvalue weighted by molar-refractivity contribution is 5.82. The van der Waals surface area contributed by atoms with Crippen LogP contribution in [0, 0.1) is 0 Å². The normalized spacial score (nSPS) is 24.4. The summed E-state index contributed by atoms with van der Waals surface area (Å²) in [4.78, 5) is 19.5. The minimum absolute atomic E-state index is 0.0389. The molecule has 1 aromatic heterocycles. The number of imidazole rings is 1. The van der Waals surface area contributed by atoms with Crippen LogP contribution in [0.1, 0.15) is 30.7 Å². The third-order valence-corrected chi connectivity index (χ3v) is 4.33. The van der Waals surface area contributed by atoms with Gasteiger partial charge >= 0.3 is 0 Å². The highest BCUT2D eigenvalue weighted by Crippen LogP contribution is 2.34. The Morgan fingerprint density at radius 1 is 1.63 bits per heavy atom. The number of aromatic nitrogens is 2. The number of nitrogens with one attached hydrogen (secondary N) is 3. The Labute approximate surface area is 112 Å². The molecule has 2 heterocycles. The van der Waals surface area contributed by atoms with Crippen molar-refractivity contribution in [2.24, 2.45) is 0 Å². The van der Waals surface area contributed by atoms with Gasteiger partial charge < -0.3 is 15.0 Å². The van der Waals surface area contributed by atoms with Crippen molar-refractivity contribution in [1.29, 1.82) is 0 Å². The first-order valence-corrected chi connectivity index (χ1v) is 6.80. The minimum atomic E-state index is -0.190. The predicted octanol–water partition coefficient (Wildman–Crippen LogP) is 0.109. The van der Waals surface area contributed by atoms with Crippen LogP contribution < -0.4 is 10.6 Å². The Kier molecular flexibility index (Phi) is 3.28. The number of methoxy groups -OCH3 is 1. The fourth-order valence-electron chi connectivity index (χ4n) is 2.75. The van der Waals surface area contributed by atoms with Gasteiger partial charge in [0.1, 0.15) is 0 Å². The molecule has 1 amide bonds. The molecule has 19 heavy (non-hydrogen) atoms. The molecule has 0 bridgehead atoms. The Balaban J connectivity index is 1.54. The third kappa shape index (κ3) is 2.37. The van der Waals surface area contributed by atoms with Gasteiger partial charge in [-0.2, -0.15) is 0 Å². The molecule has 1 aliphatic carbocycles. The predicted molar refractivity (Wildman–Crippen MR) is 69.5 cm³/mol. The Bertz CT molecular complexity index is 461. The van der Waals surface area contributed by atoms with Crippen molar-refractivity contribution < 1.29 is 9.53 Å². The maximum absolute atomic E-state index is 12.2. The second-order valence-electron chi connectivity index (χ2n) is 5.42. The number of carbonyl (C=O) groups is 1. The number of amides is 1. The van der Waals surface area contributed by atoms with E-state index in [1.165, 1.54) is 6.42 Å². The van der Waals surface area contributed by atoms with Crippen LogP contribution in [0.15, 0.2) is 6.33 Å². The number of fused-ring (bicyclic) bond motifs is 1. The van der Waals surface area contributed by atoms with E-state index in [1.54, 1.807) is 13.4 Å². The Morgan fingerprint density at radius 2 is 2.47 bits per heavy atom. The van der Waals surface area contributed by atoms with Gasteiger partial charge in [-0.1, -0.05) is 0 Å². The summed E-state index contributed by atoms with van der Waals surface area (Å²) in [6.45, 7) is 1.27. The fourth-order valence-corrected chi connectivity index (χ4v) is 2.75. The lowest BCUT2D eigenvalue weighted by Crippen LogP contribution is -2.54. The van der Waals surface area contributed by atoms with E-state index < -0.39 is 0 Å². The van der Waals surface area contributed by atoms with Crippen molar-refractivity contribution in [3.8, 4) is 0 Å². The number of carbonyl (C=O) groups excluding carboxylic acids is 1. The molecule has 104 valence electrons. The van der Waals surface area contributed by atoms with Crippen molar-refractivity contribution >= 4 is 5.91 Å². The second kappa shape index (κ2) is 4.94. The van der Waals surface area contributed by atoms with Crippen molar-refractivity contribution in [1.82, 2.24) is 20.6 Å². The minimum Gasteiger partial charge on any atom is -0.376 e. The summed E-state index contributed by atoms with van der Waals surface area (Å²) in [6.07, 6.45) is 5.57. The first kappa shape index (κ1) is 12.6. The summed E-state index contributed by atoms with van der Waals surface area (Å²) in [6, 6.07) is -0.190. The van der Waals surface area contributed by atoms with Gasteiger partial charge in [0.15, 0.2) is 0 Å². The standard InChI is InChI=1S/C13H20N4O2/c1-19-13(3-2-4-13)7-15-12(18)10-5-9-11(6-14-10)17-8-16-9/h8,10,14H,2-7H2,1H3,(H,15,18)(H,16,17). The maximum Gasteiger partial charge on any atom is 0.237 e. The average molecular weight is 264 g/mol. The van der Waals surface area contributed by atoms with Crippen LogP contribution in [-0.4, -0.2) is 41.2 Å². The van der Waals surface area contributed by atoms with Gasteiger partial charge in [0.05, 0.1) is 29.4 Å². The molecule has 1 atom stereocenters. The molecule has 6 nitrogen and oxygen atoms in total. The number of H-pyrrole nitrogens is 1. The molecule has 3 N–H and O–H groups in total. The number of hydrogen-bond donors (Lipinski definition) is 3. The van der Waals surface area contributed by atoms with Gasteiger partial charge in [-0.05, 0) is 19.3 Å². The molecule has 0 saturated heterocycles. The van der Waals surface area contributed by atoms with Crippen LogP contribution in [0.5, 0.6) is 0 Å². The van der Waals surface area contributed by atoms with Gasteiger partial charge in [-0.15, -0.1) is 0 Å². The molecule has 3 rings (SSSR count). The fraction of sp³-hybridized carbons (Fsp3) is 0.692. The molecule has 0 spiro atoms. The molecule has 1 unspecified atom stereocenters. The van der Waals surface area contributed by atoms with E-state index in [0.717, 1.165) is 24.2 Å².